The first-order valence-corrected chi connectivity index (χ1v) is 8.82. The highest BCUT2D eigenvalue weighted by Gasteiger charge is 2.22. The zero-order valence-electron chi connectivity index (χ0n) is 11.9. The van der Waals surface area contributed by atoms with Crippen molar-refractivity contribution in [3.05, 3.63) is 46.2 Å². The number of hydrogen-bond acceptors (Lipinski definition) is 5. The molecular weight excluding hydrogens is 308 g/mol. The van der Waals surface area contributed by atoms with E-state index in [0.29, 0.717) is 12.3 Å². The molecule has 3 N–H and O–H groups in total. The molecule has 7 heteroatoms. The van der Waals surface area contributed by atoms with E-state index in [9.17, 15) is 8.42 Å². The highest BCUT2D eigenvalue weighted by molar-refractivity contribution is 7.89. The predicted molar refractivity (Wildman–Crippen MR) is 83.9 cm³/mol. The van der Waals surface area contributed by atoms with Crippen LogP contribution in [0.3, 0.4) is 0 Å². The van der Waals surface area contributed by atoms with Gasteiger partial charge in [-0.3, -0.25) is 0 Å². The molecule has 1 atom stereocenters. The summed E-state index contributed by atoms with van der Waals surface area (Å²) in [5.41, 5.74) is 7.31. The number of nitrogens with one attached hydrogen (secondary N) is 1. The molecule has 0 spiro atoms. The van der Waals surface area contributed by atoms with Crippen LogP contribution in [0.5, 0.6) is 5.75 Å². The van der Waals surface area contributed by atoms with Crippen LogP contribution in [0.25, 0.3) is 0 Å². The minimum absolute atomic E-state index is 0.115. The van der Waals surface area contributed by atoms with E-state index in [1.807, 2.05) is 16.8 Å². The monoisotopic (exact) mass is 326 g/mol. The van der Waals surface area contributed by atoms with Crippen molar-refractivity contribution in [2.45, 2.75) is 24.4 Å². The number of methoxy groups -OCH3 is 1. The molecule has 0 aliphatic carbocycles. The molecule has 0 saturated carbocycles. The molecule has 0 radical (unpaired) electrons. The van der Waals surface area contributed by atoms with E-state index in [2.05, 4.69) is 4.72 Å². The third-order valence-corrected chi connectivity index (χ3v) is 5.41. The van der Waals surface area contributed by atoms with Crippen LogP contribution in [0, 0.1) is 0 Å². The highest BCUT2D eigenvalue weighted by atomic mass is 32.2. The second-order valence-corrected chi connectivity index (χ2v) is 7.05. The van der Waals surface area contributed by atoms with E-state index in [0.717, 1.165) is 11.1 Å². The summed E-state index contributed by atoms with van der Waals surface area (Å²) in [6.07, 6.45) is 0. The Bertz CT molecular complexity index is 697. The number of thiophene rings is 1. The maximum atomic E-state index is 12.5. The zero-order chi connectivity index (χ0) is 15.5. The molecule has 1 unspecified atom stereocenters. The van der Waals surface area contributed by atoms with Crippen molar-refractivity contribution in [2.75, 3.05) is 7.11 Å². The number of nitrogens with two attached hydrogens (primary N) is 1. The fourth-order valence-corrected chi connectivity index (χ4v) is 4.08. The van der Waals surface area contributed by atoms with Crippen LogP contribution in [0.1, 0.15) is 24.1 Å². The fourth-order valence-electron chi connectivity index (χ4n) is 1.95. The van der Waals surface area contributed by atoms with Crippen LogP contribution in [-0.2, 0) is 16.6 Å². The summed E-state index contributed by atoms with van der Waals surface area (Å²) in [6.45, 7) is 2.13. The fraction of sp³-hybridized carbons (Fsp3) is 0.286. The van der Waals surface area contributed by atoms with E-state index in [1.165, 1.54) is 24.5 Å². The number of hydrogen-bond donors (Lipinski definition) is 2. The van der Waals surface area contributed by atoms with Gasteiger partial charge in [-0.15, -0.1) is 0 Å². The van der Waals surface area contributed by atoms with Gasteiger partial charge in [0.25, 0.3) is 0 Å². The molecule has 0 bridgehead atoms. The molecule has 21 heavy (non-hydrogen) atoms. The second kappa shape index (κ2) is 6.57. The lowest BCUT2D eigenvalue weighted by molar-refractivity contribution is 0.401. The second-order valence-electron chi connectivity index (χ2n) is 4.59. The summed E-state index contributed by atoms with van der Waals surface area (Å²) in [5.74, 6) is 0.294. The first kappa shape index (κ1) is 16.0. The van der Waals surface area contributed by atoms with Crippen LogP contribution in [0.4, 0.5) is 0 Å². The molecule has 0 fully saturated rings. The van der Waals surface area contributed by atoms with Gasteiger partial charge < -0.3 is 10.5 Å². The maximum Gasteiger partial charge on any atom is 0.244 e. The molecule has 2 aromatic rings. The summed E-state index contributed by atoms with van der Waals surface area (Å²) in [6, 6.07) is 6.44. The van der Waals surface area contributed by atoms with Crippen molar-refractivity contribution in [1.29, 1.82) is 0 Å². The smallest absolute Gasteiger partial charge is 0.244 e. The lowest BCUT2D eigenvalue weighted by Gasteiger charge is -2.15. The molecule has 0 aliphatic rings. The molecule has 1 aromatic heterocycles. The van der Waals surface area contributed by atoms with Crippen molar-refractivity contribution in [3.63, 3.8) is 0 Å². The normalized spacial score (nSPS) is 13.1. The average molecular weight is 326 g/mol. The molecule has 5 nitrogen and oxygen atoms in total. The van der Waals surface area contributed by atoms with E-state index >= 15 is 0 Å². The number of sulfonamides is 1. The summed E-state index contributed by atoms with van der Waals surface area (Å²) in [4.78, 5) is 0.115. The Morgan fingerprint density at radius 1 is 1.38 bits per heavy atom. The van der Waals surface area contributed by atoms with Crippen molar-refractivity contribution in [1.82, 2.24) is 4.72 Å². The molecule has 0 amide bonds. The Kier molecular flexibility index (Phi) is 5.00. The van der Waals surface area contributed by atoms with Crippen LogP contribution in [-0.4, -0.2) is 15.5 Å². The van der Waals surface area contributed by atoms with Gasteiger partial charge in [0.05, 0.1) is 7.11 Å². The van der Waals surface area contributed by atoms with Gasteiger partial charge in [0.1, 0.15) is 10.6 Å². The first-order valence-electron chi connectivity index (χ1n) is 6.39. The van der Waals surface area contributed by atoms with Gasteiger partial charge in [-0.25, -0.2) is 13.1 Å². The van der Waals surface area contributed by atoms with E-state index < -0.39 is 10.0 Å². The minimum Gasteiger partial charge on any atom is -0.495 e. The Balaban J connectivity index is 2.31. The summed E-state index contributed by atoms with van der Waals surface area (Å²) in [5, 5.41) is 3.83. The van der Waals surface area contributed by atoms with Crippen LogP contribution in [0.2, 0.25) is 0 Å². The number of ether oxygens (including phenoxy) is 1. The molecule has 0 saturated heterocycles. The van der Waals surface area contributed by atoms with Gasteiger partial charge in [0, 0.05) is 12.6 Å². The Morgan fingerprint density at radius 3 is 2.71 bits per heavy atom. The minimum atomic E-state index is -3.66. The zero-order valence-corrected chi connectivity index (χ0v) is 13.5. The Hall–Kier alpha value is -1.41. The largest absolute Gasteiger partial charge is 0.495 e. The SMILES string of the molecule is COc1cc(CN)ccc1S(=O)(=O)NC(C)c1ccsc1. The van der Waals surface area contributed by atoms with Crippen LogP contribution >= 0.6 is 11.3 Å². The van der Waals surface area contributed by atoms with E-state index in [1.54, 1.807) is 19.1 Å². The summed E-state index contributed by atoms with van der Waals surface area (Å²) in [7, 11) is -2.22. The van der Waals surface area contributed by atoms with Gasteiger partial charge in [0.15, 0.2) is 0 Å². The third kappa shape index (κ3) is 3.62. The lowest BCUT2D eigenvalue weighted by atomic mass is 10.2. The van der Waals surface area contributed by atoms with Crippen LogP contribution in [0.15, 0.2) is 39.9 Å². The quantitative estimate of drug-likeness (QED) is 0.853. The van der Waals surface area contributed by atoms with Crippen LogP contribution < -0.4 is 15.2 Å². The van der Waals surface area contributed by atoms with Gasteiger partial charge in [0.2, 0.25) is 10.0 Å². The standard InChI is InChI=1S/C14H18N2O3S2/c1-10(12-5-6-20-9-12)16-21(17,18)14-4-3-11(8-15)7-13(14)19-2/h3-7,9-10,16H,8,15H2,1-2H3. The Morgan fingerprint density at radius 2 is 2.14 bits per heavy atom. The maximum absolute atomic E-state index is 12.5. The van der Waals surface area contributed by atoms with Gasteiger partial charge in [-0.05, 0) is 47.0 Å². The molecule has 2 rings (SSSR count). The third-order valence-electron chi connectivity index (χ3n) is 3.13. The molecular formula is C14H18N2O3S2. The van der Waals surface area contributed by atoms with Crippen molar-refractivity contribution in [2.24, 2.45) is 5.73 Å². The van der Waals surface area contributed by atoms with Crippen molar-refractivity contribution in [3.8, 4) is 5.75 Å². The van der Waals surface area contributed by atoms with E-state index in [4.69, 9.17) is 10.5 Å². The lowest BCUT2D eigenvalue weighted by Crippen LogP contribution is -2.27. The molecule has 1 heterocycles. The number of benzene rings is 1. The first-order chi connectivity index (χ1) is 9.97. The molecule has 0 aliphatic heterocycles. The molecule has 114 valence electrons. The highest BCUT2D eigenvalue weighted by Crippen LogP contribution is 2.27. The van der Waals surface area contributed by atoms with E-state index in [-0.39, 0.29) is 10.9 Å². The average Bonchev–Trinajstić information content (AvgIpc) is 3.00. The summed E-state index contributed by atoms with van der Waals surface area (Å²) < 4.78 is 32.8. The molecule has 1 aromatic carbocycles. The van der Waals surface area contributed by atoms with Crippen molar-refractivity contribution >= 4 is 21.4 Å². The predicted octanol–water partition coefficient (Wildman–Crippen LogP) is 2.25. The van der Waals surface area contributed by atoms with Crippen molar-refractivity contribution < 1.29 is 13.2 Å². The summed E-state index contributed by atoms with van der Waals surface area (Å²) >= 11 is 1.53. The van der Waals surface area contributed by atoms with Gasteiger partial charge in [-0.1, -0.05) is 6.07 Å². The van der Waals surface area contributed by atoms with Gasteiger partial charge in [-0.2, -0.15) is 11.3 Å². The number of rotatable bonds is 6. The topological polar surface area (TPSA) is 81.4 Å². The Labute approximate surface area is 128 Å². The van der Waals surface area contributed by atoms with Gasteiger partial charge >= 0.3 is 0 Å².